The summed E-state index contributed by atoms with van der Waals surface area (Å²) in [7, 11) is 0. The summed E-state index contributed by atoms with van der Waals surface area (Å²) in [5.74, 6) is -0.844. The highest BCUT2D eigenvalue weighted by atomic mass is 16.5. The minimum absolute atomic E-state index is 0.0527. The van der Waals surface area contributed by atoms with Gasteiger partial charge in [0.2, 0.25) is 11.8 Å². The van der Waals surface area contributed by atoms with E-state index >= 15 is 0 Å². The summed E-state index contributed by atoms with van der Waals surface area (Å²) < 4.78 is 5.05. The lowest BCUT2D eigenvalue weighted by Gasteiger charge is -2.18. The average molecular weight is 336 g/mol. The summed E-state index contributed by atoms with van der Waals surface area (Å²) in [6.07, 6.45) is 1.07. The Morgan fingerprint density at radius 1 is 1.17 bits per heavy atom. The van der Waals surface area contributed by atoms with Crippen molar-refractivity contribution in [3.8, 4) is 5.75 Å². The molecule has 1 aromatic rings. The molecular weight excluding hydrogens is 312 g/mol. The minimum atomic E-state index is -1.07. The van der Waals surface area contributed by atoms with Crippen molar-refractivity contribution < 1.29 is 24.2 Å². The number of carbonyl (C=O) groups is 3. The lowest BCUT2D eigenvalue weighted by molar-refractivity contribution is -0.139. The fourth-order valence-corrected chi connectivity index (χ4v) is 2.17. The molecule has 2 N–H and O–H groups in total. The van der Waals surface area contributed by atoms with Crippen molar-refractivity contribution in [3.05, 3.63) is 24.3 Å². The molecule has 0 radical (unpaired) electrons. The average Bonchev–Trinajstić information content (AvgIpc) is 2.54. The first-order valence-corrected chi connectivity index (χ1v) is 7.98. The number of nitrogens with zero attached hydrogens (tertiary/aromatic N) is 1. The zero-order valence-electron chi connectivity index (χ0n) is 14.1. The van der Waals surface area contributed by atoms with Gasteiger partial charge in [-0.2, -0.15) is 0 Å². The molecule has 1 aromatic carbocycles. The highest BCUT2D eigenvalue weighted by Gasteiger charge is 2.10. The smallest absolute Gasteiger partial charge is 0.341 e. The maximum absolute atomic E-state index is 11.9. The van der Waals surface area contributed by atoms with Crippen LogP contribution in [0.3, 0.4) is 0 Å². The molecule has 1 rings (SSSR count). The van der Waals surface area contributed by atoms with Gasteiger partial charge in [0, 0.05) is 37.7 Å². The molecule has 132 valence electrons. The molecule has 0 saturated carbocycles. The third-order valence-electron chi connectivity index (χ3n) is 3.39. The van der Waals surface area contributed by atoms with Crippen LogP contribution in [-0.2, 0) is 14.4 Å². The van der Waals surface area contributed by atoms with E-state index in [1.165, 1.54) is 0 Å². The molecule has 7 heteroatoms. The van der Waals surface area contributed by atoms with Crippen molar-refractivity contribution in [2.45, 2.75) is 33.1 Å². The van der Waals surface area contributed by atoms with Crippen molar-refractivity contribution in [2.24, 2.45) is 0 Å². The van der Waals surface area contributed by atoms with Gasteiger partial charge in [0.05, 0.1) is 0 Å². The molecule has 0 aliphatic heterocycles. The summed E-state index contributed by atoms with van der Waals surface area (Å²) >= 11 is 0. The highest BCUT2D eigenvalue weighted by molar-refractivity contribution is 5.91. The van der Waals surface area contributed by atoms with Crippen molar-refractivity contribution >= 4 is 23.5 Å². The summed E-state index contributed by atoms with van der Waals surface area (Å²) in [5.41, 5.74) is 0.526. The van der Waals surface area contributed by atoms with Crippen LogP contribution in [0, 0.1) is 0 Å². The number of carbonyl (C=O) groups excluding carboxylic acids is 2. The summed E-state index contributed by atoms with van der Waals surface area (Å²) in [6.45, 7) is 4.75. The molecule has 2 amide bonds. The number of carboxylic acid groups (broad SMARTS) is 1. The molecule has 7 nitrogen and oxygen atoms in total. The Hall–Kier alpha value is -2.57. The van der Waals surface area contributed by atoms with Crippen molar-refractivity contribution in [1.82, 2.24) is 4.90 Å². The fourth-order valence-electron chi connectivity index (χ4n) is 2.17. The van der Waals surface area contributed by atoms with Gasteiger partial charge in [-0.1, -0.05) is 6.07 Å². The van der Waals surface area contributed by atoms with Gasteiger partial charge in [-0.05, 0) is 32.4 Å². The topological polar surface area (TPSA) is 95.9 Å². The number of rotatable bonds is 10. The van der Waals surface area contributed by atoms with Gasteiger partial charge in [0.15, 0.2) is 6.61 Å². The zero-order valence-corrected chi connectivity index (χ0v) is 14.1. The fraction of sp³-hybridized carbons (Fsp3) is 0.471. The number of ether oxygens (including phenoxy) is 1. The first-order chi connectivity index (χ1) is 11.5. The SMILES string of the molecule is CCN(CC)C(=O)CCCC(=O)Nc1cccc(OCC(=O)O)c1. The molecule has 0 bridgehead atoms. The van der Waals surface area contributed by atoms with E-state index in [-0.39, 0.29) is 18.2 Å². The molecule has 0 aliphatic rings. The largest absolute Gasteiger partial charge is 0.482 e. The van der Waals surface area contributed by atoms with Gasteiger partial charge in [0.25, 0.3) is 0 Å². The van der Waals surface area contributed by atoms with E-state index in [1.807, 2.05) is 13.8 Å². The van der Waals surface area contributed by atoms with Gasteiger partial charge in [-0.15, -0.1) is 0 Å². The van der Waals surface area contributed by atoms with Crippen molar-refractivity contribution in [2.75, 3.05) is 25.0 Å². The quantitative estimate of drug-likeness (QED) is 0.682. The molecule has 0 spiro atoms. The number of nitrogens with one attached hydrogen (secondary N) is 1. The van der Waals surface area contributed by atoms with Crippen LogP contribution in [0.15, 0.2) is 24.3 Å². The molecule has 0 unspecified atom stereocenters. The van der Waals surface area contributed by atoms with Crippen LogP contribution in [0.5, 0.6) is 5.75 Å². The van der Waals surface area contributed by atoms with E-state index in [2.05, 4.69) is 5.32 Å². The Morgan fingerprint density at radius 3 is 2.50 bits per heavy atom. The van der Waals surface area contributed by atoms with E-state index in [1.54, 1.807) is 29.2 Å². The van der Waals surface area contributed by atoms with Gasteiger partial charge >= 0.3 is 5.97 Å². The third kappa shape index (κ3) is 7.13. The zero-order chi connectivity index (χ0) is 17.9. The standard InChI is InChI=1S/C17H24N2O5/c1-3-19(4-2)16(21)10-6-9-15(20)18-13-7-5-8-14(11-13)24-12-17(22)23/h5,7-8,11H,3-4,6,9-10,12H2,1-2H3,(H,18,20)(H,22,23). The maximum atomic E-state index is 11.9. The summed E-state index contributed by atoms with van der Waals surface area (Å²) in [4.78, 5) is 36.0. The molecule has 0 atom stereocenters. The van der Waals surface area contributed by atoms with Gasteiger partial charge in [0.1, 0.15) is 5.75 Å². The molecule has 0 heterocycles. The molecule has 0 saturated heterocycles. The van der Waals surface area contributed by atoms with Crippen LogP contribution in [0.25, 0.3) is 0 Å². The molecular formula is C17H24N2O5. The number of carboxylic acids is 1. The number of aliphatic carboxylic acids is 1. The Labute approximate surface area is 141 Å². The monoisotopic (exact) mass is 336 g/mol. The van der Waals surface area contributed by atoms with E-state index in [9.17, 15) is 14.4 Å². The predicted molar refractivity (Wildman–Crippen MR) is 90.0 cm³/mol. The second kappa shape index (κ2) is 10.3. The summed E-state index contributed by atoms with van der Waals surface area (Å²) in [5, 5.41) is 11.3. The first-order valence-electron chi connectivity index (χ1n) is 7.98. The first kappa shape index (κ1) is 19.5. The Balaban J connectivity index is 2.41. The van der Waals surface area contributed by atoms with E-state index in [4.69, 9.17) is 9.84 Å². The summed E-state index contributed by atoms with van der Waals surface area (Å²) in [6, 6.07) is 6.52. The molecule has 24 heavy (non-hydrogen) atoms. The Bertz CT molecular complexity index is 570. The molecule has 0 fully saturated rings. The molecule has 0 aromatic heterocycles. The van der Waals surface area contributed by atoms with E-state index < -0.39 is 12.6 Å². The van der Waals surface area contributed by atoms with E-state index in [0.717, 1.165) is 0 Å². The van der Waals surface area contributed by atoms with Crippen molar-refractivity contribution in [3.63, 3.8) is 0 Å². The lowest BCUT2D eigenvalue weighted by Crippen LogP contribution is -2.30. The van der Waals surface area contributed by atoms with Crippen LogP contribution < -0.4 is 10.1 Å². The van der Waals surface area contributed by atoms with Crippen LogP contribution >= 0.6 is 0 Å². The van der Waals surface area contributed by atoms with Crippen LogP contribution in [0.1, 0.15) is 33.1 Å². The second-order valence-corrected chi connectivity index (χ2v) is 5.18. The van der Waals surface area contributed by atoms with Gasteiger partial charge in [-0.25, -0.2) is 4.79 Å². The number of anilines is 1. The van der Waals surface area contributed by atoms with Crippen LogP contribution in [0.4, 0.5) is 5.69 Å². The van der Waals surface area contributed by atoms with E-state index in [0.29, 0.717) is 37.4 Å². The number of amides is 2. The predicted octanol–water partition coefficient (Wildman–Crippen LogP) is 2.13. The number of benzene rings is 1. The lowest BCUT2D eigenvalue weighted by atomic mass is 10.2. The third-order valence-corrected chi connectivity index (χ3v) is 3.39. The minimum Gasteiger partial charge on any atom is -0.482 e. The van der Waals surface area contributed by atoms with Gasteiger partial charge in [-0.3, -0.25) is 9.59 Å². The number of hydrogen-bond donors (Lipinski definition) is 2. The molecule has 0 aliphatic carbocycles. The highest BCUT2D eigenvalue weighted by Crippen LogP contribution is 2.17. The number of hydrogen-bond acceptors (Lipinski definition) is 4. The Kier molecular flexibility index (Phi) is 8.32. The van der Waals surface area contributed by atoms with Crippen LogP contribution in [-0.4, -0.2) is 47.5 Å². The normalized spacial score (nSPS) is 10.1. The second-order valence-electron chi connectivity index (χ2n) is 5.18. The maximum Gasteiger partial charge on any atom is 0.341 e. The van der Waals surface area contributed by atoms with Crippen molar-refractivity contribution in [1.29, 1.82) is 0 Å². The van der Waals surface area contributed by atoms with Crippen LogP contribution in [0.2, 0.25) is 0 Å². The van der Waals surface area contributed by atoms with Gasteiger partial charge < -0.3 is 20.1 Å². The Morgan fingerprint density at radius 2 is 1.88 bits per heavy atom.